The molecule has 1 saturated heterocycles. The molecule has 7 nitrogen and oxygen atoms in total. The summed E-state index contributed by atoms with van der Waals surface area (Å²) in [5.41, 5.74) is -3.54. The van der Waals surface area contributed by atoms with Gasteiger partial charge in [-0.3, -0.25) is 9.69 Å². The van der Waals surface area contributed by atoms with E-state index in [1.807, 2.05) is 11.8 Å². The van der Waals surface area contributed by atoms with Crippen molar-refractivity contribution in [1.82, 2.24) is 15.1 Å². The molecule has 1 heterocycles. The molecule has 0 spiro atoms. The van der Waals surface area contributed by atoms with Gasteiger partial charge in [0.25, 0.3) is 0 Å². The minimum Gasteiger partial charge on any atom is -0.480 e. The molecule has 0 aromatic heterocycles. The molecule has 1 unspecified atom stereocenters. The van der Waals surface area contributed by atoms with Gasteiger partial charge in [0.2, 0.25) is 0 Å². The van der Waals surface area contributed by atoms with Crippen molar-refractivity contribution in [3.8, 4) is 0 Å². The van der Waals surface area contributed by atoms with Crippen LogP contribution < -0.4 is 5.32 Å². The van der Waals surface area contributed by atoms with Crippen LogP contribution >= 0.6 is 0 Å². The SMILES string of the molecule is CCN(CC(=O)O)C1CC(NC(=O)N2CC(C)(C)OC(C)(C(F)(F)F)C2)C1. The van der Waals surface area contributed by atoms with E-state index in [2.05, 4.69) is 5.32 Å². The third kappa shape index (κ3) is 5.04. The van der Waals surface area contributed by atoms with E-state index in [0.717, 1.165) is 11.8 Å². The number of nitrogens with zero attached hydrogens (tertiary/aromatic N) is 2. The smallest absolute Gasteiger partial charge is 0.418 e. The van der Waals surface area contributed by atoms with E-state index in [-0.39, 0.29) is 25.2 Å². The van der Waals surface area contributed by atoms with Gasteiger partial charge in [-0.2, -0.15) is 13.2 Å². The lowest BCUT2D eigenvalue weighted by Gasteiger charge is -2.49. The number of carboxylic acids is 1. The van der Waals surface area contributed by atoms with Crippen LogP contribution in [-0.2, 0) is 9.53 Å². The molecule has 1 aliphatic carbocycles. The fourth-order valence-electron chi connectivity index (χ4n) is 3.79. The molecule has 2 fully saturated rings. The number of nitrogens with one attached hydrogen (secondary N) is 1. The maximum Gasteiger partial charge on any atom is 0.418 e. The number of morpholine rings is 1. The fraction of sp³-hybridized carbons (Fsp3) is 0.882. The molecule has 2 N–H and O–H groups in total. The molecular formula is C17H28F3N3O4. The molecule has 156 valence electrons. The lowest BCUT2D eigenvalue weighted by atomic mass is 9.85. The van der Waals surface area contributed by atoms with Gasteiger partial charge >= 0.3 is 18.2 Å². The summed E-state index contributed by atoms with van der Waals surface area (Å²) in [6, 6.07) is -0.669. The number of urea groups is 1. The largest absolute Gasteiger partial charge is 0.480 e. The Balaban J connectivity index is 1.94. The predicted molar refractivity (Wildman–Crippen MR) is 91.4 cm³/mol. The van der Waals surface area contributed by atoms with Crippen molar-refractivity contribution in [3.05, 3.63) is 0 Å². The zero-order chi connectivity index (χ0) is 20.6. The van der Waals surface area contributed by atoms with Crippen LogP contribution in [0.2, 0.25) is 0 Å². The summed E-state index contributed by atoms with van der Waals surface area (Å²) in [5, 5.41) is 11.7. The Labute approximate surface area is 156 Å². The highest BCUT2D eigenvalue weighted by Gasteiger charge is 2.59. The van der Waals surface area contributed by atoms with E-state index in [0.29, 0.717) is 19.4 Å². The first-order chi connectivity index (χ1) is 12.3. The molecule has 2 amide bonds. The molecule has 10 heteroatoms. The number of carbonyl (C=O) groups is 2. The second kappa shape index (κ2) is 7.46. The molecular weight excluding hydrogens is 367 g/mol. The number of ether oxygens (including phenoxy) is 1. The first-order valence-corrected chi connectivity index (χ1v) is 9.04. The highest BCUT2D eigenvalue weighted by Crippen LogP contribution is 2.40. The summed E-state index contributed by atoms with van der Waals surface area (Å²) in [6.45, 7) is 5.88. The summed E-state index contributed by atoms with van der Waals surface area (Å²) in [5.74, 6) is -0.911. The van der Waals surface area contributed by atoms with E-state index in [4.69, 9.17) is 9.84 Å². The van der Waals surface area contributed by atoms with Gasteiger partial charge in [-0.15, -0.1) is 0 Å². The number of rotatable bonds is 5. The Kier molecular flexibility index (Phi) is 6.01. The van der Waals surface area contributed by atoms with Crippen molar-refractivity contribution in [2.75, 3.05) is 26.2 Å². The van der Waals surface area contributed by atoms with Crippen LogP contribution in [0.1, 0.15) is 40.5 Å². The number of aliphatic carboxylic acids is 1. The number of amides is 2. The van der Waals surface area contributed by atoms with E-state index in [1.54, 1.807) is 0 Å². The average molecular weight is 395 g/mol. The Hall–Kier alpha value is -1.55. The molecule has 0 radical (unpaired) electrons. The van der Waals surface area contributed by atoms with Crippen LogP contribution in [0.3, 0.4) is 0 Å². The van der Waals surface area contributed by atoms with Gasteiger partial charge in [0, 0.05) is 12.1 Å². The highest BCUT2D eigenvalue weighted by atomic mass is 19.4. The zero-order valence-corrected chi connectivity index (χ0v) is 16.1. The number of alkyl halides is 3. The zero-order valence-electron chi connectivity index (χ0n) is 16.1. The molecule has 0 bridgehead atoms. The Morgan fingerprint density at radius 3 is 2.33 bits per heavy atom. The predicted octanol–water partition coefficient (Wildman–Crippen LogP) is 2.07. The number of likely N-dealkylation sites (N-methyl/N-ethyl adjacent to an activating group) is 1. The Bertz CT molecular complexity index is 578. The molecule has 0 aromatic rings. The first-order valence-electron chi connectivity index (χ1n) is 9.04. The fourth-order valence-corrected chi connectivity index (χ4v) is 3.79. The van der Waals surface area contributed by atoms with E-state index in [9.17, 15) is 22.8 Å². The van der Waals surface area contributed by atoms with Crippen LogP contribution in [0.5, 0.6) is 0 Å². The van der Waals surface area contributed by atoms with Crippen LogP contribution in [0.25, 0.3) is 0 Å². The number of hydrogen-bond donors (Lipinski definition) is 2. The molecule has 0 aromatic carbocycles. The summed E-state index contributed by atoms with van der Waals surface area (Å²) >= 11 is 0. The van der Waals surface area contributed by atoms with Crippen LogP contribution in [0.4, 0.5) is 18.0 Å². The summed E-state index contributed by atoms with van der Waals surface area (Å²) < 4.78 is 45.4. The Morgan fingerprint density at radius 1 is 1.26 bits per heavy atom. The second-order valence-corrected chi connectivity index (χ2v) is 8.17. The number of carbonyl (C=O) groups excluding carboxylic acids is 1. The van der Waals surface area contributed by atoms with E-state index in [1.165, 1.54) is 13.8 Å². The average Bonchev–Trinajstić information content (AvgIpc) is 2.44. The quantitative estimate of drug-likeness (QED) is 0.745. The van der Waals surface area contributed by atoms with Gasteiger partial charge in [0.15, 0.2) is 5.60 Å². The minimum absolute atomic E-state index is 0.0537. The number of hydrogen-bond acceptors (Lipinski definition) is 4. The lowest BCUT2D eigenvalue weighted by Crippen LogP contribution is -2.67. The third-order valence-electron chi connectivity index (χ3n) is 5.15. The molecule has 1 aliphatic heterocycles. The maximum atomic E-state index is 13.4. The van der Waals surface area contributed by atoms with Gasteiger partial charge in [0.05, 0.1) is 25.2 Å². The first kappa shape index (κ1) is 21.7. The number of carboxylic acid groups (broad SMARTS) is 1. The van der Waals surface area contributed by atoms with Gasteiger partial charge in [-0.05, 0) is 40.2 Å². The summed E-state index contributed by atoms with van der Waals surface area (Å²) in [6.07, 6.45) is -3.43. The van der Waals surface area contributed by atoms with Gasteiger partial charge in [-0.25, -0.2) is 4.79 Å². The van der Waals surface area contributed by atoms with Crippen molar-refractivity contribution in [1.29, 1.82) is 0 Å². The van der Waals surface area contributed by atoms with Gasteiger partial charge < -0.3 is 20.1 Å². The van der Waals surface area contributed by atoms with Crippen molar-refractivity contribution < 1.29 is 32.6 Å². The summed E-state index contributed by atoms with van der Waals surface area (Å²) in [4.78, 5) is 26.3. The monoisotopic (exact) mass is 395 g/mol. The van der Waals surface area contributed by atoms with E-state index < -0.39 is 35.9 Å². The van der Waals surface area contributed by atoms with Crippen molar-refractivity contribution in [3.63, 3.8) is 0 Å². The van der Waals surface area contributed by atoms with Crippen molar-refractivity contribution in [2.45, 2.75) is 70.0 Å². The number of halogens is 3. The topological polar surface area (TPSA) is 82.1 Å². The third-order valence-corrected chi connectivity index (χ3v) is 5.15. The standard InChI is InChI=1S/C17H28F3N3O4/c1-5-22(8-13(24)25)12-6-11(7-12)21-14(26)23-9-15(2,3)27-16(4,10-23)17(18,19)20/h11-12H,5-10H2,1-4H3,(H,21,26)(H,24,25). The molecule has 27 heavy (non-hydrogen) atoms. The molecule has 1 atom stereocenters. The highest BCUT2D eigenvalue weighted by molar-refractivity contribution is 5.75. The minimum atomic E-state index is -4.59. The second-order valence-electron chi connectivity index (χ2n) is 8.17. The molecule has 2 aliphatic rings. The lowest BCUT2D eigenvalue weighted by molar-refractivity contribution is -0.318. The van der Waals surface area contributed by atoms with Crippen molar-refractivity contribution >= 4 is 12.0 Å². The molecule has 1 saturated carbocycles. The van der Waals surface area contributed by atoms with Gasteiger partial charge in [-0.1, -0.05) is 6.92 Å². The van der Waals surface area contributed by atoms with Crippen LogP contribution in [0.15, 0.2) is 0 Å². The van der Waals surface area contributed by atoms with Crippen LogP contribution in [-0.4, -0.2) is 82.5 Å². The molecule has 2 rings (SSSR count). The normalized spacial score (nSPS) is 30.7. The maximum absolute atomic E-state index is 13.4. The summed E-state index contributed by atoms with van der Waals surface area (Å²) in [7, 11) is 0. The van der Waals surface area contributed by atoms with Crippen molar-refractivity contribution in [2.24, 2.45) is 0 Å². The Morgan fingerprint density at radius 2 is 1.85 bits per heavy atom. The van der Waals surface area contributed by atoms with E-state index >= 15 is 0 Å². The van der Waals surface area contributed by atoms with Crippen LogP contribution in [0, 0.1) is 0 Å². The van der Waals surface area contributed by atoms with Gasteiger partial charge in [0.1, 0.15) is 0 Å².